The molecular weight excluding hydrogens is 565 g/mol. The van der Waals surface area contributed by atoms with Gasteiger partial charge in [0, 0.05) is 11.8 Å². The van der Waals surface area contributed by atoms with Crippen molar-refractivity contribution in [3.8, 4) is 22.3 Å². The van der Waals surface area contributed by atoms with Crippen LogP contribution in [0.3, 0.4) is 0 Å². The number of benzene rings is 5. The minimum absolute atomic E-state index is 0.341. The lowest BCUT2D eigenvalue weighted by atomic mass is 9.69. The largest absolute Gasteiger partial charge is 0.0839 e. The molecule has 0 aromatic heterocycles. The summed E-state index contributed by atoms with van der Waals surface area (Å²) in [4.78, 5) is 0. The molecule has 0 saturated heterocycles. The number of allylic oxidation sites excluding steroid dienone is 14. The summed E-state index contributed by atoms with van der Waals surface area (Å²) in [6.07, 6.45) is 21.7. The van der Waals surface area contributed by atoms with Crippen molar-refractivity contribution in [1.82, 2.24) is 0 Å². The van der Waals surface area contributed by atoms with Crippen LogP contribution >= 0.6 is 0 Å². The average molecular weight is 599 g/mol. The Balaban J connectivity index is 1.38. The van der Waals surface area contributed by atoms with Crippen molar-refractivity contribution in [1.29, 1.82) is 0 Å². The summed E-state index contributed by atoms with van der Waals surface area (Å²) in [5.41, 5.74) is 21.7. The standard InChI is InChI=1S/C47H34/c1-27-22-23-32-37(24-27)34-19-11-20-35-43(34)38(32)26-40-41(28-12-4-2-5-13-28)46-36-21-10-18-33-31-17-9-8-16-30(31)25-39(44(33)36)47(46)42(45(35)40)29-14-6-3-7-15-29/h2-7,9-15,17-21,24-26,33,44H,8,16,22-23H2,1H3. The van der Waals surface area contributed by atoms with E-state index in [1.165, 1.54) is 105 Å². The molecule has 0 radical (unpaired) electrons. The minimum Gasteiger partial charge on any atom is -0.0839 e. The summed E-state index contributed by atoms with van der Waals surface area (Å²) in [7, 11) is 0. The van der Waals surface area contributed by atoms with Crippen LogP contribution in [0, 0.1) is 11.8 Å². The van der Waals surface area contributed by atoms with E-state index in [0.717, 1.165) is 25.7 Å². The first-order valence-electron chi connectivity index (χ1n) is 17.4. The molecule has 6 aliphatic rings. The summed E-state index contributed by atoms with van der Waals surface area (Å²) in [5.74, 6) is 0.722. The lowest BCUT2D eigenvalue weighted by Gasteiger charge is -2.34. The predicted octanol–water partition coefficient (Wildman–Crippen LogP) is 12.5. The van der Waals surface area contributed by atoms with E-state index in [-0.39, 0.29) is 0 Å². The highest BCUT2D eigenvalue weighted by atomic mass is 14.5. The second-order valence-corrected chi connectivity index (χ2v) is 14.2. The molecule has 11 rings (SSSR count). The third kappa shape index (κ3) is 3.38. The van der Waals surface area contributed by atoms with Crippen LogP contribution in [0.4, 0.5) is 0 Å². The smallest absolute Gasteiger partial charge is 0.0206 e. The van der Waals surface area contributed by atoms with E-state index >= 15 is 0 Å². The molecule has 5 aromatic carbocycles. The molecule has 0 N–H and O–H groups in total. The maximum atomic E-state index is 2.61. The molecule has 0 aliphatic heterocycles. The van der Waals surface area contributed by atoms with Gasteiger partial charge in [-0.25, -0.2) is 0 Å². The van der Waals surface area contributed by atoms with Gasteiger partial charge in [0.25, 0.3) is 0 Å². The highest BCUT2D eigenvalue weighted by Crippen LogP contribution is 2.63. The summed E-state index contributed by atoms with van der Waals surface area (Å²) < 4.78 is 0. The van der Waals surface area contributed by atoms with E-state index in [1.54, 1.807) is 0 Å². The molecule has 0 fully saturated rings. The molecule has 47 heavy (non-hydrogen) atoms. The number of hydrogen-bond acceptors (Lipinski definition) is 0. The molecule has 0 spiro atoms. The Morgan fingerprint density at radius 1 is 0.638 bits per heavy atom. The molecule has 0 heteroatoms. The van der Waals surface area contributed by atoms with Crippen LogP contribution in [-0.4, -0.2) is 0 Å². The minimum atomic E-state index is 0.341. The molecule has 222 valence electrons. The maximum Gasteiger partial charge on any atom is 0.0206 e. The first-order valence-corrected chi connectivity index (χ1v) is 17.4. The maximum absolute atomic E-state index is 2.61. The van der Waals surface area contributed by atoms with Crippen LogP contribution in [0.1, 0.15) is 54.9 Å². The fourth-order valence-corrected chi connectivity index (χ4v) is 9.94. The summed E-state index contributed by atoms with van der Waals surface area (Å²) in [6.45, 7) is 2.30. The fraction of sp³-hybridized carbons (Fsp3) is 0.149. The van der Waals surface area contributed by atoms with Crippen LogP contribution in [0.5, 0.6) is 0 Å². The highest BCUT2D eigenvalue weighted by Gasteiger charge is 2.45. The molecule has 0 heterocycles. The van der Waals surface area contributed by atoms with Gasteiger partial charge >= 0.3 is 0 Å². The lowest BCUT2D eigenvalue weighted by Crippen LogP contribution is -2.21. The van der Waals surface area contributed by atoms with Gasteiger partial charge in [-0.05, 0) is 138 Å². The average Bonchev–Trinajstić information content (AvgIpc) is 3.61. The van der Waals surface area contributed by atoms with Crippen LogP contribution < -0.4 is 0 Å². The zero-order valence-corrected chi connectivity index (χ0v) is 26.6. The van der Waals surface area contributed by atoms with Crippen molar-refractivity contribution in [2.75, 3.05) is 0 Å². The second kappa shape index (κ2) is 9.43. The van der Waals surface area contributed by atoms with Crippen molar-refractivity contribution >= 4 is 43.8 Å². The van der Waals surface area contributed by atoms with Crippen LogP contribution in [0.15, 0.2) is 144 Å². The molecule has 2 unspecified atom stereocenters. The van der Waals surface area contributed by atoms with Gasteiger partial charge in [-0.2, -0.15) is 0 Å². The Labute approximate surface area is 276 Å². The van der Waals surface area contributed by atoms with Crippen LogP contribution in [0.2, 0.25) is 0 Å². The molecule has 0 amide bonds. The number of fused-ring (bicyclic) bond motifs is 8. The third-order valence-electron chi connectivity index (χ3n) is 11.8. The summed E-state index contributed by atoms with van der Waals surface area (Å²) in [5, 5.41) is 5.63. The Morgan fingerprint density at radius 2 is 1.43 bits per heavy atom. The van der Waals surface area contributed by atoms with Crippen LogP contribution in [-0.2, 0) is 0 Å². The monoisotopic (exact) mass is 598 g/mol. The third-order valence-corrected chi connectivity index (χ3v) is 11.8. The Morgan fingerprint density at radius 3 is 2.26 bits per heavy atom. The van der Waals surface area contributed by atoms with Crippen molar-refractivity contribution in [2.45, 2.75) is 32.6 Å². The first kappa shape index (κ1) is 25.9. The van der Waals surface area contributed by atoms with Gasteiger partial charge in [-0.3, -0.25) is 0 Å². The molecule has 6 aliphatic carbocycles. The van der Waals surface area contributed by atoms with E-state index in [4.69, 9.17) is 0 Å². The van der Waals surface area contributed by atoms with E-state index in [9.17, 15) is 0 Å². The zero-order valence-electron chi connectivity index (χ0n) is 26.6. The van der Waals surface area contributed by atoms with Gasteiger partial charge in [-0.1, -0.05) is 127 Å². The van der Waals surface area contributed by atoms with Gasteiger partial charge in [0.1, 0.15) is 0 Å². The molecular formula is C47H34. The Hall–Kier alpha value is -5.20. The van der Waals surface area contributed by atoms with Crippen molar-refractivity contribution < 1.29 is 0 Å². The fourth-order valence-electron chi connectivity index (χ4n) is 9.94. The van der Waals surface area contributed by atoms with Gasteiger partial charge in [-0.15, -0.1) is 0 Å². The van der Waals surface area contributed by atoms with E-state index < -0.39 is 0 Å². The Kier molecular flexibility index (Phi) is 5.20. The molecule has 0 nitrogen and oxygen atoms in total. The van der Waals surface area contributed by atoms with Crippen LogP contribution in [0.25, 0.3) is 66.1 Å². The molecule has 0 saturated carbocycles. The molecule has 2 atom stereocenters. The van der Waals surface area contributed by atoms with Gasteiger partial charge in [0.15, 0.2) is 0 Å². The molecule has 0 bridgehead atoms. The normalized spacial score (nSPS) is 21.4. The van der Waals surface area contributed by atoms with Crippen molar-refractivity contribution in [2.24, 2.45) is 11.8 Å². The quantitative estimate of drug-likeness (QED) is 0.177. The second-order valence-electron chi connectivity index (χ2n) is 14.2. The molecule has 5 aromatic rings. The van der Waals surface area contributed by atoms with Crippen molar-refractivity contribution in [3.63, 3.8) is 0 Å². The summed E-state index contributed by atoms with van der Waals surface area (Å²) in [6, 6.07) is 32.3. The predicted molar refractivity (Wildman–Crippen MR) is 200 cm³/mol. The number of hydrogen-bond donors (Lipinski definition) is 0. The topological polar surface area (TPSA) is 0 Å². The Bertz CT molecular complexity index is 2480. The van der Waals surface area contributed by atoms with Crippen molar-refractivity contribution in [3.05, 3.63) is 166 Å². The lowest BCUT2D eigenvalue weighted by molar-refractivity contribution is 0.660. The van der Waals surface area contributed by atoms with E-state index in [0.29, 0.717) is 11.8 Å². The SMILES string of the molecule is CC1=CC2=C(CC1)c1cc3c(-c4ccccc4)c4c(c(-c5ccccc5)c3c3cccc2c13)C1=CC2=C(C=CCC2)C2C=CC=C4C12. The van der Waals surface area contributed by atoms with E-state index in [1.807, 2.05) is 0 Å². The first-order chi connectivity index (χ1) is 23.3. The summed E-state index contributed by atoms with van der Waals surface area (Å²) >= 11 is 0. The van der Waals surface area contributed by atoms with Gasteiger partial charge < -0.3 is 0 Å². The van der Waals surface area contributed by atoms with E-state index in [2.05, 4.69) is 134 Å². The van der Waals surface area contributed by atoms with Gasteiger partial charge in [0.2, 0.25) is 0 Å². The zero-order chi connectivity index (χ0) is 30.8. The van der Waals surface area contributed by atoms with Gasteiger partial charge in [0.05, 0.1) is 0 Å². The highest BCUT2D eigenvalue weighted by molar-refractivity contribution is 6.30. The number of rotatable bonds is 2.